The van der Waals surface area contributed by atoms with Gasteiger partial charge in [-0.3, -0.25) is 9.71 Å². The zero-order valence-corrected chi connectivity index (χ0v) is 12.2. The van der Waals surface area contributed by atoms with Crippen LogP contribution >= 0.6 is 11.6 Å². The molecule has 0 unspecified atom stereocenters. The van der Waals surface area contributed by atoms with E-state index in [0.29, 0.717) is 22.8 Å². The Morgan fingerprint density at radius 3 is 2.70 bits per heavy atom. The summed E-state index contributed by atoms with van der Waals surface area (Å²) in [6.45, 7) is 0. The highest BCUT2D eigenvalue weighted by Gasteiger charge is 2.11. The molecule has 0 bridgehead atoms. The third-order valence-corrected chi connectivity index (χ3v) is 4.25. The molecule has 7 heteroatoms. The molecule has 0 saturated heterocycles. The maximum atomic E-state index is 12.0. The van der Waals surface area contributed by atoms with Crippen LogP contribution in [0.5, 0.6) is 0 Å². The van der Waals surface area contributed by atoms with E-state index in [1.54, 1.807) is 30.5 Å². The van der Waals surface area contributed by atoms with Crippen molar-refractivity contribution in [1.29, 1.82) is 0 Å². The predicted molar refractivity (Wildman–Crippen MR) is 81.2 cm³/mol. The lowest BCUT2D eigenvalue weighted by molar-refractivity contribution is 0.600. The van der Waals surface area contributed by atoms with Crippen LogP contribution in [-0.4, -0.2) is 19.2 Å². The van der Waals surface area contributed by atoms with Crippen LogP contribution in [0.15, 0.2) is 42.6 Å². The van der Waals surface area contributed by atoms with E-state index < -0.39 is 10.0 Å². The second-order valence-electron chi connectivity index (χ2n) is 4.23. The molecule has 0 fully saturated rings. The van der Waals surface area contributed by atoms with E-state index in [-0.39, 0.29) is 5.75 Å². The number of halogens is 1. The van der Waals surface area contributed by atoms with E-state index in [1.807, 2.05) is 6.07 Å². The number of nitrogens with two attached hydrogens (primary N) is 1. The number of sulfonamides is 1. The zero-order chi connectivity index (χ0) is 14.6. The Labute approximate surface area is 122 Å². The van der Waals surface area contributed by atoms with Crippen molar-refractivity contribution in [1.82, 2.24) is 4.98 Å². The molecule has 106 valence electrons. The van der Waals surface area contributed by atoms with E-state index >= 15 is 0 Å². The summed E-state index contributed by atoms with van der Waals surface area (Å²) in [5, 5.41) is 0.390. The fourth-order valence-electron chi connectivity index (χ4n) is 1.62. The number of pyridine rings is 1. The summed E-state index contributed by atoms with van der Waals surface area (Å²) in [6.07, 6.45) is 1.98. The molecule has 0 aliphatic heterocycles. The molecule has 0 saturated carbocycles. The van der Waals surface area contributed by atoms with E-state index in [0.717, 1.165) is 5.69 Å². The number of hydrogen-bond donors (Lipinski definition) is 2. The average molecular weight is 312 g/mol. The number of aromatic nitrogens is 1. The van der Waals surface area contributed by atoms with E-state index in [9.17, 15) is 8.42 Å². The summed E-state index contributed by atoms with van der Waals surface area (Å²) in [5.41, 5.74) is 7.08. The monoisotopic (exact) mass is 311 g/mol. The van der Waals surface area contributed by atoms with Crippen molar-refractivity contribution < 1.29 is 8.42 Å². The van der Waals surface area contributed by atoms with Crippen molar-refractivity contribution in [3.05, 3.63) is 53.3 Å². The van der Waals surface area contributed by atoms with Crippen molar-refractivity contribution in [3.8, 4) is 0 Å². The molecule has 1 heterocycles. The second kappa shape index (κ2) is 6.11. The Bertz CT molecular complexity index is 690. The zero-order valence-electron chi connectivity index (χ0n) is 10.6. The van der Waals surface area contributed by atoms with Crippen molar-refractivity contribution in [2.45, 2.75) is 6.42 Å². The van der Waals surface area contributed by atoms with Gasteiger partial charge in [0.2, 0.25) is 10.0 Å². The van der Waals surface area contributed by atoms with Gasteiger partial charge >= 0.3 is 0 Å². The number of nitrogens with zero attached hydrogens (tertiary/aromatic N) is 1. The second-order valence-corrected chi connectivity index (χ2v) is 6.48. The number of hydrogen-bond acceptors (Lipinski definition) is 4. The summed E-state index contributed by atoms with van der Waals surface area (Å²) < 4.78 is 26.4. The lowest BCUT2D eigenvalue weighted by Gasteiger charge is -2.09. The van der Waals surface area contributed by atoms with E-state index in [1.165, 1.54) is 6.07 Å². The Balaban J connectivity index is 2.02. The minimum Gasteiger partial charge on any atom is -0.397 e. The predicted octanol–water partition coefficient (Wildman–Crippen LogP) is 2.30. The SMILES string of the molecule is Nc1cc(NS(=O)(=O)CCc2ccccn2)ccc1Cl. The topological polar surface area (TPSA) is 85.1 Å². The lowest BCUT2D eigenvalue weighted by Crippen LogP contribution is -2.18. The van der Waals surface area contributed by atoms with Gasteiger partial charge in [-0.05, 0) is 30.3 Å². The molecule has 5 nitrogen and oxygen atoms in total. The van der Waals surface area contributed by atoms with Crippen LogP contribution in [0.2, 0.25) is 5.02 Å². The largest absolute Gasteiger partial charge is 0.397 e. The molecule has 1 aromatic carbocycles. The first-order valence-corrected chi connectivity index (χ1v) is 7.95. The van der Waals surface area contributed by atoms with Crippen LogP contribution in [0, 0.1) is 0 Å². The molecule has 0 atom stereocenters. The summed E-state index contributed by atoms with van der Waals surface area (Å²) in [5.74, 6) is -0.0491. The van der Waals surface area contributed by atoms with Crippen LogP contribution < -0.4 is 10.5 Å². The molecule has 0 spiro atoms. The van der Waals surface area contributed by atoms with Crippen LogP contribution in [0.3, 0.4) is 0 Å². The molecule has 0 aliphatic rings. The van der Waals surface area contributed by atoms with Gasteiger partial charge in [-0.15, -0.1) is 0 Å². The number of aryl methyl sites for hydroxylation is 1. The molecule has 3 N–H and O–H groups in total. The molecule has 0 aliphatic carbocycles. The maximum absolute atomic E-state index is 12.0. The number of nitrogen functional groups attached to an aromatic ring is 1. The van der Waals surface area contributed by atoms with Crippen molar-refractivity contribution in [3.63, 3.8) is 0 Å². The van der Waals surface area contributed by atoms with E-state index in [4.69, 9.17) is 17.3 Å². The Hall–Kier alpha value is -1.79. The van der Waals surface area contributed by atoms with Gasteiger partial charge in [0.25, 0.3) is 0 Å². The number of nitrogens with one attached hydrogen (secondary N) is 1. The van der Waals surface area contributed by atoms with Gasteiger partial charge in [0, 0.05) is 18.3 Å². The first-order valence-electron chi connectivity index (χ1n) is 5.92. The Morgan fingerprint density at radius 1 is 1.25 bits per heavy atom. The first kappa shape index (κ1) is 14.6. The average Bonchev–Trinajstić information content (AvgIpc) is 2.42. The highest BCUT2D eigenvalue weighted by atomic mass is 35.5. The third kappa shape index (κ3) is 4.11. The molecule has 20 heavy (non-hydrogen) atoms. The van der Waals surface area contributed by atoms with Gasteiger partial charge < -0.3 is 5.73 Å². The number of anilines is 2. The third-order valence-electron chi connectivity index (χ3n) is 2.62. The van der Waals surface area contributed by atoms with Crippen LogP contribution in [-0.2, 0) is 16.4 Å². The normalized spacial score (nSPS) is 11.2. The van der Waals surface area contributed by atoms with Gasteiger partial charge in [-0.2, -0.15) is 0 Å². The number of rotatable bonds is 5. The smallest absolute Gasteiger partial charge is 0.233 e. The van der Waals surface area contributed by atoms with Crippen LogP contribution in [0.1, 0.15) is 5.69 Å². The van der Waals surface area contributed by atoms with Crippen molar-refractivity contribution in [2.24, 2.45) is 0 Å². The van der Waals surface area contributed by atoms with Crippen molar-refractivity contribution in [2.75, 3.05) is 16.2 Å². The maximum Gasteiger partial charge on any atom is 0.233 e. The quantitative estimate of drug-likeness (QED) is 0.830. The summed E-state index contributed by atoms with van der Waals surface area (Å²) >= 11 is 5.78. The minimum atomic E-state index is -3.45. The molecule has 2 rings (SSSR count). The van der Waals surface area contributed by atoms with Gasteiger partial charge in [0.15, 0.2) is 0 Å². The van der Waals surface area contributed by atoms with Crippen LogP contribution in [0.25, 0.3) is 0 Å². The molecule has 0 radical (unpaired) electrons. The van der Waals surface area contributed by atoms with Crippen LogP contribution in [0.4, 0.5) is 11.4 Å². The number of benzene rings is 1. The molecule has 1 aromatic heterocycles. The van der Waals surface area contributed by atoms with Gasteiger partial charge in [-0.1, -0.05) is 17.7 Å². The lowest BCUT2D eigenvalue weighted by atomic mass is 10.3. The van der Waals surface area contributed by atoms with Gasteiger partial charge in [0.05, 0.1) is 22.2 Å². The molecular weight excluding hydrogens is 298 g/mol. The molecule has 0 amide bonds. The highest BCUT2D eigenvalue weighted by molar-refractivity contribution is 7.92. The van der Waals surface area contributed by atoms with Gasteiger partial charge in [0.1, 0.15) is 0 Å². The summed E-state index contributed by atoms with van der Waals surface area (Å²) in [7, 11) is -3.45. The minimum absolute atomic E-state index is 0.0491. The highest BCUT2D eigenvalue weighted by Crippen LogP contribution is 2.23. The Kier molecular flexibility index (Phi) is 4.46. The first-order chi connectivity index (χ1) is 9.46. The van der Waals surface area contributed by atoms with Crippen molar-refractivity contribution >= 4 is 33.0 Å². The fourth-order valence-corrected chi connectivity index (χ4v) is 2.81. The van der Waals surface area contributed by atoms with E-state index in [2.05, 4.69) is 9.71 Å². The fraction of sp³-hybridized carbons (Fsp3) is 0.154. The molecule has 2 aromatic rings. The standard InChI is InChI=1S/C13H14ClN3O2S/c14-12-5-4-11(9-13(12)15)17-20(18,19)8-6-10-3-1-2-7-16-10/h1-5,7,9,17H,6,8,15H2. The molecular formula is C13H14ClN3O2S. The van der Waals surface area contributed by atoms with Gasteiger partial charge in [-0.25, -0.2) is 8.42 Å². The summed E-state index contributed by atoms with van der Waals surface area (Å²) in [6, 6.07) is 10.00. The summed E-state index contributed by atoms with van der Waals surface area (Å²) in [4.78, 5) is 4.08. The Morgan fingerprint density at radius 2 is 2.05 bits per heavy atom.